The van der Waals surface area contributed by atoms with Gasteiger partial charge in [-0.15, -0.1) is 0 Å². The van der Waals surface area contributed by atoms with E-state index in [1.54, 1.807) is 11.3 Å². The molecule has 0 saturated carbocycles. The van der Waals surface area contributed by atoms with Crippen molar-refractivity contribution >= 4 is 11.3 Å². The van der Waals surface area contributed by atoms with E-state index in [1.807, 2.05) is 0 Å². The summed E-state index contributed by atoms with van der Waals surface area (Å²) < 4.78 is 2.06. The van der Waals surface area contributed by atoms with Crippen LogP contribution in [0.15, 0.2) is 23.0 Å². The van der Waals surface area contributed by atoms with Gasteiger partial charge in [0.1, 0.15) is 0 Å². The fraction of sp³-hybridized carbons (Fsp3) is 0.533. The van der Waals surface area contributed by atoms with E-state index in [2.05, 4.69) is 65.8 Å². The quantitative estimate of drug-likeness (QED) is 0.908. The van der Waals surface area contributed by atoms with Gasteiger partial charge in [0, 0.05) is 30.4 Å². The Bertz CT molecular complexity index is 506. The first-order valence-electron chi connectivity index (χ1n) is 6.73. The number of aromatic nitrogens is 2. The van der Waals surface area contributed by atoms with E-state index in [0.717, 1.165) is 25.2 Å². The van der Waals surface area contributed by atoms with Crippen molar-refractivity contribution in [3.63, 3.8) is 0 Å². The lowest BCUT2D eigenvalue weighted by molar-refractivity contribution is 0.423. The predicted octanol–water partition coefficient (Wildman–Crippen LogP) is 3.38. The minimum Gasteiger partial charge on any atom is -0.308 e. The zero-order chi connectivity index (χ0) is 13.9. The lowest BCUT2D eigenvalue weighted by Crippen LogP contribution is -2.35. The molecule has 2 rings (SSSR count). The molecule has 2 aromatic rings. The van der Waals surface area contributed by atoms with E-state index in [9.17, 15) is 0 Å². The van der Waals surface area contributed by atoms with Gasteiger partial charge >= 0.3 is 0 Å². The van der Waals surface area contributed by atoms with E-state index >= 15 is 0 Å². The Morgan fingerprint density at radius 3 is 2.79 bits per heavy atom. The summed E-state index contributed by atoms with van der Waals surface area (Å²) >= 11 is 1.75. The Kier molecular flexibility index (Phi) is 4.42. The first-order chi connectivity index (χ1) is 8.94. The third-order valence-corrected chi connectivity index (χ3v) is 3.80. The number of aryl methyl sites for hydroxylation is 3. The van der Waals surface area contributed by atoms with Crippen LogP contribution < -0.4 is 5.32 Å². The van der Waals surface area contributed by atoms with Crippen LogP contribution in [0.3, 0.4) is 0 Å². The molecular weight excluding hydrogens is 254 g/mol. The molecule has 0 atom stereocenters. The highest BCUT2D eigenvalue weighted by atomic mass is 32.1. The van der Waals surface area contributed by atoms with Gasteiger partial charge in [-0.1, -0.05) is 0 Å². The van der Waals surface area contributed by atoms with Crippen molar-refractivity contribution in [1.82, 2.24) is 15.1 Å². The fourth-order valence-electron chi connectivity index (χ4n) is 1.89. The minimum atomic E-state index is 0.144. The Labute approximate surface area is 119 Å². The van der Waals surface area contributed by atoms with Crippen molar-refractivity contribution in [3.05, 3.63) is 39.8 Å². The molecule has 0 amide bonds. The van der Waals surface area contributed by atoms with Crippen molar-refractivity contribution in [2.24, 2.45) is 0 Å². The van der Waals surface area contributed by atoms with Crippen molar-refractivity contribution in [1.29, 1.82) is 0 Å². The van der Waals surface area contributed by atoms with Crippen molar-refractivity contribution < 1.29 is 0 Å². The van der Waals surface area contributed by atoms with Gasteiger partial charge in [0.05, 0.1) is 5.69 Å². The van der Waals surface area contributed by atoms with Crippen LogP contribution in [0.5, 0.6) is 0 Å². The summed E-state index contributed by atoms with van der Waals surface area (Å²) in [4.78, 5) is 0. The average molecular weight is 277 g/mol. The third-order valence-electron chi connectivity index (χ3n) is 3.07. The zero-order valence-electron chi connectivity index (χ0n) is 12.2. The zero-order valence-corrected chi connectivity index (χ0v) is 13.0. The van der Waals surface area contributed by atoms with E-state index in [4.69, 9.17) is 0 Å². The van der Waals surface area contributed by atoms with E-state index in [1.165, 1.54) is 11.1 Å². The molecule has 2 aromatic heterocycles. The van der Waals surface area contributed by atoms with Crippen LogP contribution in [0, 0.1) is 6.92 Å². The normalized spacial score (nSPS) is 12.0. The molecule has 0 radical (unpaired) electrons. The lowest BCUT2D eigenvalue weighted by atomic mass is 10.1. The Morgan fingerprint density at radius 2 is 2.16 bits per heavy atom. The number of rotatable bonds is 5. The molecule has 3 nitrogen and oxygen atoms in total. The third kappa shape index (κ3) is 4.48. The van der Waals surface area contributed by atoms with Gasteiger partial charge in [0.15, 0.2) is 0 Å². The van der Waals surface area contributed by atoms with Gasteiger partial charge in [0.25, 0.3) is 0 Å². The molecule has 0 unspecified atom stereocenters. The van der Waals surface area contributed by atoms with Crippen LogP contribution in [0.4, 0.5) is 0 Å². The highest BCUT2D eigenvalue weighted by Crippen LogP contribution is 2.11. The van der Waals surface area contributed by atoms with Gasteiger partial charge in [-0.3, -0.25) is 4.68 Å². The van der Waals surface area contributed by atoms with E-state index in [-0.39, 0.29) is 5.54 Å². The summed E-state index contributed by atoms with van der Waals surface area (Å²) in [5.41, 5.74) is 3.96. The van der Waals surface area contributed by atoms with Crippen molar-refractivity contribution in [2.75, 3.05) is 0 Å². The van der Waals surface area contributed by atoms with Gasteiger partial charge in [0.2, 0.25) is 0 Å². The molecule has 1 N–H and O–H groups in total. The van der Waals surface area contributed by atoms with Crippen LogP contribution in [-0.4, -0.2) is 15.3 Å². The molecule has 0 saturated heterocycles. The summed E-state index contributed by atoms with van der Waals surface area (Å²) in [5, 5.41) is 12.4. The minimum absolute atomic E-state index is 0.144. The van der Waals surface area contributed by atoms with Gasteiger partial charge in [-0.2, -0.15) is 16.4 Å². The van der Waals surface area contributed by atoms with Gasteiger partial charge in [-0.25, -0.2) is 0 Å². The van der Waals surface area contributed by atoms with Crippen LogP contribution in [0.25, 0.3) is 0 Å². The predicted molar refractivity (Wildman–Crippen MR) is 81.6 cm³/mol. The second-order valence-corrected chi connectivity index (χ2v) is 6.77. The van der Waals surface area contributed by atoms with Crippen LogP contribution >= 0.6 is 11.3 Å². The van der Waals surface area contributed by atoms with Crippen LogP contribution in [-0.2, 0) is 19.5 Å². The maximum Gasteiger partial charge on any atom is 0.0638 e. The molecule has 4 heteroatoms. The lowest BCUT2D eigenvalue weighted by Gasteiger charge is -2.20. The van der Waals surface area contributed by atoms with Crippen LogP contribution in [0.2, 0.25) is 0 Å². The second-order valence-electron chi connectivity index (χ2n) is 5.99. The Morgan fingerprint density at radius 1 is 1.37 bits per heavy atom. The highest BCUT2D eigenvalue weighted by molar-refractivity contribution is 7.07. The summed E-state index contributed by atoms with van der Waals surface area (Å²) in [6.07, 6.45) is 3.22. The maximum absolute atomic E-state index is 4.59. The molecule has 19 heavy (non-hydrogen) atoms. The molecule has 0 fully saturated rings. The number of nitrogens with zero attached hydrogens (tertiary/aromatic N) is 2. The summed E-state index contributed by atoms with van der Waals surface area (Å²) in [6.45, 7) is 10.5. The second kappa shape index (κ2) is 5.88. The first-order valence-corrected chi connectivity index (χ1v) is 7.67. The van der Waals surface area contributed by atoms with Crippen LogP contribution in [0.1, 0.15) is 37.6 Å². The number of hydrogen-bond donors (Lipinski definition) is 1. The largest absolute Gasteiger partial charge is 0.308 e. The maximum atomic E-state index is 4.59. The topological polar surface area (TPSA) is 29.9 Å². The fourth-order valence-corrected chi connectivity index (χ4v) is 2.59. The highest BCUT2D eigenvalue weighted by Gasteiger charge is 2.11. The van der Waals surface area contributed by atoms with Gasteiger partial charge in [-0.05, 0) is 56.5 Å². The molecule has 0 spiro atoms. The Balaban J connectivity index is 1.92. The molecule has 0 aliphatic heterocycles. The molecule has 0 aliphatic carbocycles. The molecule has 0 aromatic carbocycles. The van der Waals surface area contributed by atoms with Crippen molar-refractivity contribution in [2.45, 2.75) is 52.7 Å². The molecule has 0 aliphatic rings. The summed E-state index contributed by atoms with van der Waals surface area (Å²) in [7, 11) is 0. The number of thiophene rings is 1. The summed E-state index contributed by atoms with van der Waals surface area (Å²) in [6, 6.07) is 2.18. The summed E-state index contributed by atoms with van der Waals surface area (Å²) in [5.74, 6) is 0. The van der Waals surface area contributed by atoms with E-state index in [0.29, 0.717) is 0 Å². The van der Waals surface area contributed by atoms with E-state index < -0.39 is 0 Å². The Hall–Kier alpha value is -1.13. The number of hydrogen-bond acceptors (Lipinski definition) is 3. The average Bonchev–Trinajstić information content (AvgIpc) is 2.92. The van der Waals surface area contributed by atoms with Gasteiger partial charge < -0.3 is 5.32 Å². The molecule has 0 bridgehead atoms. The monoisotopic (exact) mass is 277 g/mol. The smallest absolute Gasteiger partial charge is 0.0638 e. The number of nitrogens with one attached hydrogen (secondary N) is 1. The first kappa shape index (κ1) is 14.3. The molecular formula is C15H23N3S. The standard InChI is InChI=1S/C15H23N3S/c1-12-14(9-16-15(2,3)4)10-18(17-12)7-5-13-6-8-19-11-13/h6,8,10-11,16H,5,7,9H2,1-4H3. The van der Waals surface area contributed by atoms with Crippen molar-refractivity contribution in [3.8, 4) is 0 Å². The SMILES string of the molecule is Cc1nn(CCc2ccsc2)cc1CNC(C)(C)C. The molecule has 104 valence electrons. The molecule has 2 heterocycles.